The van der Waals surface area contributed by atoms with Crippen LogP contribution in [-0.2, 0) is 9.53 Å². The predicted molar refractivity (Wildman–Crippen MR) is 51.7 cm³/mol. The van der Waals surface area contributed by atoms with Gasteiger partial charge in [0.15, 0.2) is 0 Å². The molecule has 0 bridgehead atoms. The molecule has 0 aromatic rings. The summed E-state index contributed by atoms with van der Waals surface area (Å²) in [5, 5.41) is 0. The number of rotatable bonds is 3. The normalized spacial score (nSPS) is 15.3. The first-order valence-corrected chi connectivity index (χ1v) is 4.86. The van der Waals surface area contributed by atoms with E-state index < -0.39 is 6.09 Å². The van der Waals surface area contributed by atoms with Crippen LogP contribution in [0.3, 0.4) is 0 Å². The molecule has 2 amide bonds. The molecule has 1 rings (SSSR count). The first-order valence-electron chi connectivity index (χ1n) is 4.86. The minimum atomic E-state index is -0.530. The summed E-state index contributed by atoms with van der Waals surface area (Å²) in [7, 11) is 0. The number of ether oxygens (including phenoxy) is 1. The maximum absolute atomic E-state index is 11.5. The molecule has 0 N–H and O–H groups in total. The molecule has 0 atom stereocenters. The van der Waals surface area contributed by atoms with Crippen LogP contribution < -0.4 is 0 Å². The van der Waals surface area contributed by atoms with Gasteiger partial charge in [-0.15, -0.1) is 0 Å². The van der Waals surface area contributed by atoms with E-state index in [1.54, 1.807) is 0 Å². The number of amides is 2. The second-order valence-electron chi connectivity index (χ2n) is 3.11. The van der Waals surface area contributed by atoms with Gasteiger partial charge in [0.1, 0.15) is 6.61 Å². The summed E-state index contributed by atoms with van der Waals surface area (Å²) in [6.07, 6.45) is 2.68. The smallest absolute Gasteiger partial charge is 0.416 e. The van der Waals surface area contributed by atoms with Gasteiger partial charge in [0.25, 0.3) is 5.91 Å². The van der Waals surface area contributed by atoms with Gasteiger partial charge in [-0.1, -0.05) is 19.4 Å². The third-order valence-corrected chi connectivity index (χ3v) is 2.26. The summed E-state index contributed by atoms with van der Waals surface area (Å²) >= 11 is 0. The maximum Gasteiger partial charge on any atom is 0.416 e. The lowest BCUT2D eigenvalue weighted by atomic mass is 10.1. The molecule has 0 aliphatic carbocycles. The van der Waals surface area contributed by atoms with Crippen molar-refractivity contribution in [2.75, 3.05) is 13.2 Å². The van der Waals surface area contributed by atoms with E-state index in [4.69, 9.17) is 0 Å². The van der Waals surface area contributed by atoms with Crippen LogP contribution in [0.1, 0.15) is 26.7 Å². The molecule has 4 nitrogen and oxygen atoms in total. The quantitative estimate of drug-likeness (QED) is 0.647. The van der Waals surface area contributed by atoms with Crippen molar-refractivity contribution in [3.63, 3.8) is 0 Å². The van der Waals surface area contributed by atoms with Crippen molar-refractivity contribution in [2.24, 2.45) is 0 Å². The van der Waals surface area contributed by atoms with Crippen LogP contribution in [0, 0.1) is 0 Å². The molecular weight excluding hydrogens is 182 g/mol. The molecule has 0 unspecified atom stereocenters. The molecule has 1 fully saturated rings. The van der Waals surface area contributed by atoms with Gasteiger partial charge in [-0.05, 0) is 12.8 Å². The second kappa shape index (κ2) is 4.79. The van der Waals surface area contributed by atoms with Gasteiger partial charge < -0.3 is 4.74 Å². The van der Waals surface area contributed by atoms with Crippen LogP contribution in [-0.4, -0.2) is 30.1 Å². The summed E-state index contributed by atoms with van der Waals surface area (Å²) in [4.78, 5) is 23.7. The van der Waals surface area contributed by atoms with Crippen LogP contribution >= 0.6 is 0 Å². The standard InChI is InChI=1S/C10H15NO3/c1-3-8(4-2)7-9(12)11-5-6-14-10(11)13/h7H,3-6H2,1-2H3. The first-order chi connectivity index (χ1) is 6.69. The average Bonchev–Trinajstić information content (AvgIpc) is 2.60. The van der Waals surface area contributed by atoms with E-state index in [1.165, 1.54) is 6.08 Å². The lowest BCUT2D eigenvalue weighted by molar-refractivity contribution is -0.122. The van der Waals surface area contributed by atoms with E-state index >= 15 is 0 Å². The number of hydrogen-bond acceptors (Lipinski definition) is 3. The van der Waals surface area contributed by atoms with Crippen LogP contribution in [0.5, 0.6) is 0 Å². The Bertz CT molecular complexity index is 265. The van der Waals surface area contributed by atoms with Gasteiger partial charge in [-0.25, -0.2) is 9.69 Å². The summed E-state index contributed by atoms with van der Waals surface area (Å²) in [6.45, 7) is 4.66. The van der Waals surface area contributed by atoms with Crippen molar-refractivity contribution in [1.82, 2.24) is 4.90 Å². The lowest BCUT2D eigenvalue weighted by Crippen LogP contribution is -2.30. The summed E-state index contributed by atoms with van der Waals surface area (Å²) < 4.78 is 4.67. The second-order valence-corrected chi connectivity index (χ2v) is 3.11. The van der Waals surface area contributed by atoms with Crippen LogP contribution in [0.15, 0.2) is 11.6 Å². The van der Waals surface area contributed by atoms with Gasteiger partial charge in [0.05, 0.1) is 6.54 Å². The van der Waals surface area contributed by atoms with E-state index in [-0.39, 0.29) is 5.91 Å². The Balaban J connectivity index is 2.65. The molecule has 0 radical (unpaired) electrons. The van der Waals surface area contributed by atoms with Gasteiger partial charge in [0.2, 0.25) is 0 Å². The van der Waals surface area contributed by atoms with Gasteiger partial charge in [-0.3, -0.25) is 4.79 Å². The van der Waals surface area contributed by atoms with E-state index in [0.717, 1.165) is 23.3 Å². The van der Waals surface area contributed by atoms with Crippen LogP contribution in [0.25, 0.3) is 0 Å². The Morgan fingerprint density at radius 3 is 2.57 bits per heavy atom. The highest BCUT2D eigenvalue weighted by Crippen LogP contribution is 2.09. The van der Waals surface area contributed by atoms with Crippen molar-refractivity contribution in [3.8, 4) is 0 Å². The number of nitrogens with zero attached hydrogens (tertiary/aromatic N) is 1. The topological polar surface area (TPSA) is 46.6 Å². The van der Waals surface area contributed by atoms with E-state index in [9.17, 15) is 9.59 Å². The molecule has 0 spiro atoms. The third kappa shape index (κ3) is 2.34. The highest BCUT2D eigenvalue weighted by atomic mass is 16.6. The fraction of sp³-hybridized carbons (Fsp3) is 0.600. The van der Waals surface area contributed by atoms with Crippen molar-refractivity contribution in [3.05, 3.63) is 11.6 Å². The zero-order valence-corrected chi connectivity index (χ0v) is 8.58. The molecule has 1 aliphatic rings. The van der Waals surface area contributed by atoms with Crippen molar-refractivity contribution in [2.45, 2.75) is 26.7 Å². The zero-order valence-electron chi connectivity index (χ0n) is 8.58. The lowest BCUT2D eigenvalue weighted by Gasteiger charge is -2.08. The highest BCUT2D eigenvalue weighted by molar-refractivity contribution is 5.99. The number of hydrogen-bond donors (Lipinski definition) is 0. The fourth-order valence-electron chi connectivity index (χ4n) is 1.30. The van der Waals surface area contributed by atoms with Gasteiger partial charge >= 0.3 is 6.09 Å². The highest BCUT2D eigenvalue weighted by Gasteiger charge is 2.26. The van der Waals surface area contributed by atoms with Crippen molar-refractivity contribution < 1.29 is 14.3 Å². The Kier molecular flexibility index (Phi) is 3.68. The maximum atomic E-state index is 11.5. The summed E-state index contributed by atoms with van der Waals surface area (Å²) in [5.41, 5.74) is 1.05. The zero-order chi connectivity index (χ0) is 10.6. The Labute approximate surface area is 83.5 Å². The van der Waals surface area contributed by atoms with E-state index in [0.29, 0.717) is 13.2 Å². The fourth-order valence-corrected chi connectivity index (χ4v) is 1.30. The molecular formula is C10H15NO3. The number of imide groups is 1. The third-order valence-electron chi connectivity index (χ3n) is 2.26. The largest absolute Gasteiger partial charge is 0.447 e. The van der Waals surface area contributed by atoms with E-state index in [2.05, 4.69) is 4.74 Å². The molecule has 0 saturated carbocycles. The minimum absolute atomic E-state index is 0.258. The van der Waals surface area contributed by atoms with Crippen molar-refractivity contribution >= 4 is 12.0 Å². The minimum Gasteiger partial charge on any atom is -0.447 e. The SMILES string of the molecule is CCC(=CC(=O)N1CCOC1=O)CC. The molecule has 4 heteroatoms. The predicted octanol–water partition coefficient (Wildman–Crippen LogP) is 1.71. The number of cyclic esters (lactones) is 1. The molecule has 1 heterocycles. The molecule has 14 heavy (non-hydrogen) atoms. The monoisotopic (exact) mass is 197 g/mol. The molecule has 1 aliphatic heterocycles. The molecule has 1 saturated heterocycles. The van der Waals surface area contributed by atoms with Crippen LogP contribution in [0.2, 0.25) is 0 Å². The Hall–Kier alpha value is -1.32. The van der Waals surface area contributed by atoms with E-state index in [1.807, 2.05) is 13.8 Å². The number of carbonyl (C=O) groups excluding carboxylic acids is 2. The van der Waals surface area contributed by atoms with Crippen molar-refractivity contribution in [1.29, 1.82) is 0 Å². The Morgan fingerprint density at radius 1 is 1.50 bits per heavy atom. The molecule has 0 aromatic carbocycles. The number of allylic oxidation sites excluding steroid dienone is 1. The summed E-state index contributed by atoms with van der Waals surface area (Å²) in [6, 6.07) is 0. The summed E-state index contributed by atoms with van der Waals surface area (Å²) in [5.74, 6) is -0.258. The molecule has 0 aromatic heterocycles. The molecule has 78 valence electrons. The first kappa shape index (κ1) is 10.8. The van der Waals surface area contributed by atoms with Gasteiger partial charge in [-0.2, -0.15) is 0 Å². The number of carbonyl (C=O) groups is 2. The van der Waals surface area contributed by atoms with Gasteiger partial charge in [0, 0.05) is 6.08 Å². The average molecular weight is 197 g/mol. The Morgan fingerprint density at radius 2 is 2.14 bits per heavy atom. The van der Waals surface area contributed by atoms with Crippen LogP contribution in [0.4, 0.5) is 4.79 Å².